The van der Waals surface area contributed by atoms with Gasteiger partial charge in [-0.2, -0.15) is 0 Å². The van der Waals surface area contributed by atoms with Crippen molar-refractivity contribution in [2.75, 3.05) is 7.05 Å². The second-order valence-electron chi connectivity index (χ2n) is 6.90. The first kappa shape index (κ1) is 18.9. The van der Waals surface area contributed by atoms with Gasteiger partial charge in [0.2, 0.25) is 0 Å². The molecule has 3 nitrogen and oxygen atoms in total. The number of rotatable bonds is 7. The number of hydrogen-bond acceptors (Lipinski definition) is 2. The smallest absolute Gasteiger partial charge is 0.136 e. The van der Waals surface area contributed by atoms with E-state index in [1.807, 2.05) is 49.0 Å². The molecule has 3 rings (SSSR count). The molecule has 140 valence electrons. The van der Waals surface area contributed by atoms with E-state index in [1.165, 1.54) is 5.57 Å². The van der Waals surface area contributed by atoms with Crippen molar-refractivity contribution in [1.82, 2.24) is 14.7 Å². The summed E-state index contributed by atoms with van der Waals surface area (Å²) in [4.78, 5) is 4.27. The van der Waals surface area contributed by atoms with E-state index < -0.39 is 0 Å². The molecule has 0 saturated heterocycles. The molecule has 0 atom stereocenters. The zero-order valence-electron chi connectivity index (χ0n) is 16.2. The molecule has 3 aromatic rings. The van der Waals surface area contributed by atoms with Crippen LogP contribution in [0.4, 0.5) is 4.39 Å². The molecule has 27 heavy (non-hydrogen) atoms. The number of aromatic nitrogens is 2. The van der Waals surface area contributed by atoms with Crippen molar-refractivity contribution < 1.29 is 4.39 Å². The average Bonchev–Trinajstić information content (AvgIpc) is 3.13. The minimum atomic E-state index is -0.215. The molecule has 0 unspecified atom stereocenters. The highest BCUT2D eigenvalue weighted by molar-refractivity contribution is 5.68. The number of allylic oxidation sites excluding steroid dienone is 3. The Labute approximate surface area is 160 Å². The van der Waals surface area contributed by atoms with E-state index in [2.05, 4.69) is 23.8 Å². The van der Waals surface area contributed by atoms with Crippen LogP contribution < -0.4 is 5.32 Å². The Morgan fingerprint density at radius 3 is 2.78 bits per heavy atom. The van der Waals surface area contributed by atoms with E-state index in [9.17, 15) is 4.39 Å². The summed E-state index contributed by atoms with van der Waals surface area (Å²) in [5.74, 6) is -0.215. The molecule has 2 heterocycles. The summed E-state index contributed by atoms with van der Waals surface area (Å²) >= 11 is 0. The number of nitrogens with one attached hydrogen (secondary N) is 1. The van der Waals surface area contributed by atoms with Crippen LogP contribution in [0.15, 0.2) is 72.3 Å². The van der Waals surface area contributed by atoms with Crippen LogP contribution in [0.25, 0.3) is 16.8 Å². The SMILES string of the molecule is C=C(C)/C(CCCc1ccc(F)cc1-c1ccc2nccn2c1)=C(/C)NC. The van der Waals surface area contributed by atoms with Crippen molar-refractivity contribution in [1.29, 1.82) is 0 Å². The Balaban J connectivity index is 1.85. The summed E-state index contributed by atoms with van der Waals surface area (Å²) < 4.78 is 15.9. The third kappa shape index (κ3) is 4.27. The van der Waals surface area contributed by atoms with Crippen molar-refractivity contribution in [2.45, 2.75) is 33.1 Å². The van der Waals surface area contributed by atoms with E-state index >= 15 is 0 Å². The predicted octanol–water partition coefficient (Wildman–Crippen LogP) is 5.53. The number of hydrogen-bond donors (Lipinski definition) is 1. The molecule has 0 bridgehead atoms. The van der Waals surface area contributed by atoms with Crippen LogP contribution in [-0.2, 0) is 6.42 Å². The van der Waals surface area contributed by atoms with E-state index in [0.717, 1.165) is 52.9 Å². The van der Waals surface area contributed by atoms with Gasteiger partial charge >= 0.3 is 0 Å². The van der Waals surface area contributed by atoms with E-state index in [-0.39, 0.29) is 5.82 Å². The van der Waals surface area contributed by atoms with Gasteiger partial charge in [0.25, 0.3) is 0 Å². The molecule has 0 spiro atoms. The molecule has 0 aliphatic heterocycles. The fourth-order valence-corrected chi connectivity index (χ4v) is 3.44. The van der Waals surface area contributed by atoms with Crippen LogP contribution in [0.1, 0.15) is 32.3 Å². The summed E-state index contributed by atoms with van der Waals surface area (Å²) in [5, 5.41) is 3.21. The topological polar surface area (TPSA) is 29.3 Å². The highest BCUT2D eigenvalue weighted by Gasteiger charge is 2.10. The Bertz CT molecular complexity index is 998. The Kier molecular flexibility index (Phi) is 5.75. The lowest BCUT2D eigenvalue weighted by molar-refractivity contribution is 0.627. The standard InChI is InChI=1S/C23H26FN3/c1-16(2)21(17(3)25-4)7-5-6-18-8-10-20(24)14-22(18)19-9-11-23-26-12-13-27(23)15-19/h8-15,25H,1,5-7H2,2-4H3/b21-17-. The molecule has 0 fully saturated rings. The van der Waals surface area contributed by atoms with E-state index in [0.29, 0.717) is 0 Å². The molecule has 0 aliphatic rings. The Morgan fingerprint density at radius 1 is 1.22 bits per heavy atom. The fraction of sp³-hybridized carbons (Fsp3) is 0.261. The predicted molar refractivity (Wildman–Crippen MR) is 110 cm³/mol. The molecular weight excluding hydrogens is 337 g/mol. The van der Waals surface area contributed by atoms with Crippen LogP contribution in [-0.4, -0.2) is 16.4 Å². The molecule has 1 aromatic carbocycles. The summed E-state index contributed by atoms with van der Waals surface area (Å²) in [6.45, 7) is 8.21. The summed E-state index contributed by atoms with van der Waals surface area (Å²) in [5.41, 5.74) is 7.49. The maximum absolute atomic E-state index is 13.9. The first-order valence-corrected chi connectivity index (χ1v) is 9.24. The summed E-state index contributed by atoms with van der Waals surface area (Å²) in [7, 11) is 1.93. The number of pyridine rings is 1. The zero-order chi connectivity index (χ0) is 19.4. The number of aryl methyl sites for hydroxylation is 1. The molecule has 0 aliphatic carbocycles. The normalized spacial score (nSPS) is 12.1. The van der Waals surface area contributed by atoms with Gasteiger partial charge in [-0.05, 0) is 79.6 Å². The molecule has 1 N–H and O–H groups in total. The van der Waals surface area contributed by atoms with Crippen molar-refractivity contribution in [2.24, 2.45) is 0 Å². The summed E-state index contributed by atoms with van der Waals surface area (Å²) in [6, 6.07) is 9.04. The lowest BCUT2D eigenvalue weighted by atomic mass is 9.94. The number of fused-ring (bicyclic) bond motifs is 1. The average molecular weight is 363 g/mol. The van der Waals surface area contributed by atoms with Crippen molar-refractivity contribution in [3.8, 4) is 11.1 Å². The molecular formula is C23H26FN3. The van der Waals surface area contributed by atoms with Crippen molar-refractivity contribution in [3.63, 3.8) is 0 Å². The highest BCUT2D eigenvalue weighted by atomic mass is 19.1. The highest BCUT2D eigenvalue weighted by Crippen LogP contribution is 2.28. The fourth-order valence-electron chi connectivity index (χ4n) is 3.44. The molecule has 2 aromatic heterocycles. The van der Waals surface area contributed by atoms with Gasteiger partial charge in [0.05, 0.1) is 0 Å². The van der Waals surface area contributed by atoms with Gasteiger partial charge < -0.3 is 9.72 Å². The number of benzene rings is 1. The third-order valence-corrected chi connectivity index (χ3v) is 4.99. The van der Waals surface area contributed by atoms with Gasteiger partial charge in [-0.3, -0.25) is 0 Å². The minimum absolute atomic E-state index is 0.215. The monoisotopic (exact) mass is 363 g/mol. The Morgan fingerprint density at radius 2 is 2.04 bits per heavy atom. The first-order valence-electron chi connectivity index (χ1n) is 9.24. The van der Waals surface area contributed by atoms with Crippen LogP contribution in [0.2, 0.25) is 0 Å². The number of nitrogens with zero attached hydrogens (tertiary/aromatic N) is 2. The van der Waals surface area contributed by atoms with Gasteiger partial charge in [0, 0.05) is 31.3 Å². The van der Waals surface area contributed by atoms with Crippen molar-refractivity contribution in [3.05, 3.63) is 83.7 Å². The molecule has 0 saturated carbocycles. The molecule has 0 amide bonds. The number of imidazole rings is 1. The minimum Gasteiger partial charge on any atom is -0.391 e. The zero-order valence-corrected chi connectivity index (χ0v) is 16.2. The lowest BCUT2D eigenvalue weighted by Crippen LogP contribution is -2.07. The van der Waals surface area contributed by atoms with Crippen LogP contribution >= 0.6 is 0 Å². The Hall–Kier alpha value is -2.88. The maximum Gasteiger partial charge on any atom is 0.136 e. The van der Waals surface area contributed by atoms with Gasteiger partial charge in [-0.1, -0.05) is 18.2 Å². The maximum atomic E-state index is 13.9. The first-order chi connectivity index (χ1) is 13.0. The molecule has 4 heteroatoms. The van der Waals surface area contributed by atoms with Crippen molar-refractivity contribution >= 4 is 5.65 Å². The second-order valence-corrected chi connectivity index (χ2v) is 6.90. The summed E-state index contributed by atoms with van der Waals surface area (Å²) in [6.07, 6.45) is 8.48. The van der Waals surface area contributed by atoms with E-state index in [4.69, 9.17) is 0 Å². The van der Waals surface area contributed by atoms with Gasteiger partial charge in [0.1, 0.15) is 11.5 Å². The van der Waals surface area contributed by atoms with Crippen LogP contribution in [0.3, 0.4) is 0 Å². The van der Waals surface area contributed by atoms with Crippen LogP contribution in [0, 0.1) is 5.82 Å². The van der Waals surface area contributed by atoms with Gasteiger partial charge in [-0.15, -0.1) is 0 Å². The quantitative estimate of drug-likeness (QED) is 0.559. The van der Waals surface area contributed by atoms with E-state index in [1.54, 1.807) is 18.3 Å². The third-order valence-electron chi connectivity index (χ3n) is 4.99. The lowest BCUT2D eigenvalue weighted by Gasteiger charge is -2.14. The largest absolute Gasteiger partial charge is 0.391 e. The second kappa shape index (κ2) is 8.21. The van der Waals surface area contributed by atoms with Crippen LogP contribution in [0.5, 0.6) is 0 Å². The van der Waals surface area contributed by atoms with Gasteiger partial charge in [-0.25, -0.2) is 9.37 Å². The van der Waals surface area contributed by atoms with Gasteiger partial charge in [0.15, 0.2) is 0 Å². The molecule has 0 radical (unpaired) electrons. The number of halogens is 1.